The predicted molar refractivity (Wildman–Crippen MR) is 124 cm³/mol. The summed E-state index contributed by atoms with van der Waals surface area (Å²) in [7, 11) is 1.73. The molecule has 0 radical (unpaired) electrons. The lowest BCUT2D eigenvalue weighted by atomic mass is 9.90. The van der Waals surface area contributed by atoms with E-state index in [1.807, 2.05) is 48.0 Å². The molecule has 1 N–H and O–H groups in total. The van der Waals surface area contributed by atoms with Crippen molar-refractivity contribution in [2.75, 3.05) is 20.2 Å². The van der Waals surface area contributed by atoms with E-state index in [1.54, 1.807) is 18.4 Å². The number of rotatable bonds is 7. The molecule has 5 nitrogen and oxygen atoms in total. The van der Waals surface area contributed by atoms with Gasteiger partial charge in [-0.25, -0.2) is 4.98 Å². The standard InChI is InChI=1S/C25H29N3O2S/c1-18-10-11-22(30-2)21(15-18)17-28-13-6-9-20(16-28)23(25-26-12-14-31-25)27-24(29)19-7-4-3-5-8-19/h3-5,7-8,10-12,14-15,20,23H,6,9,13,16-17H2,1-2H3,(H,27,29). The lowest BCUT2D eigenvalue weighted by molar-refractivity contribution is 0.0877. The lowest BCUT2D eigenvalue weighted by Crippen LogP contribution is -2.42. The van der Waals surface area contributed by atoms with Gasteiger partial charge >= 0.3 is 0 Å². The number of thiazole rings is 1. The molecule has 6 heteroatoms. The normalized spacial score (nSPS) is 17.8. The summed E-state index contributed by atoms with van der Waals surface area (Å²) in [5.74, 6) is 1.20. The van der Waals surface area contributed by atoms with Crippen molar-refractivity contribution >= 4 is 17.2 Å². The van der Waals surface area contributed by atoms with E-state index in [9.17, 15) is 4.79 Å². The Morgan fingerprint density at radius 1 is 1.29 bits per heavy atom. The molecule has 2 aromatic carbocycles. The molecule has 0 aliphatic carbocycles. The van der Waals surface area contributed by atoms with Crippen LogP contribution in [0.3, 0.4) is 0 Å². The molecule has 1 saturated heterocycles. The first-order chi connectivity index (χ1) is 15.1. The average molecular weight is 436 g/mol. The van der Waals surface area contributed by atoms with E-state index < -0.39 is 0 Å². The molecule has 3 aromatic rings. The molecule has 0 spiro atoms. The van der Waals surface area contributed by atoms with Crippen LogP contribution in [0.4, 0.5) is 0 Å². The number of nitrogens with zero attached hydrogens (tertiary/aromatic N) is 2. The summed E-state index contributed by atoms with van der Waals surface area (Å²) in [5, 5.41) is 6.24. The molecule has 162 valence electrons. The van der Waals surface area contributed by atoms with Crippen LogP contribution in [-0.4, -0.2) is 36.0 Å². The van der Waals surface area contributed by atoms with Crippen molar-refractivity contribution in [3.8, 4) is 5.75 Å². The van der Waals surface area contributed by atoms with Gasteiger partial charge in [-0.1, -0.05) is 35.9 Å². The summed E-state index contributed by atoms with van der Waals surface area (Å²) in [6.45, 7) is 4.92. The minimum Gasteiger partial charge on any atom is -0.496 e. The second-order valence-corrected chi connectivity index (χ2v) is 9.07. The predicted octanol–water partition coefficient (Wildman–Crippen LogP) is 4.84. The number of aromatic nitrogens is 1. The van der Waals surface area contributed by atoms with Crippen molar-refractivity contribution < 1.29 is 9.53 Å². The van der Waals surface area contributed by atoms with Gasteiger partial charge < -0.3 is 10.1 Å². The van der Waals surface area contributed by atoms with Crippen molar-refractivity contribution in [2.45, 2.75) is 32.4 Å². The highest BCUT2D eigenvalue weighted by Gasteiger charge is 2.31. The van der Waals surface area contributed by atoms with E-state index in [1.165, 1.54) is 11.1 Å². The summed E-state index contributed by atoms with van der Waals surface area (Å²) < 4.78 is 5.58. The third-order valence-electron chi connectivity index (χ3n) is 5.88. The summed E-state index contributed by atoms with van der Waals surface area (Å²) in [6, 6.07) is 15.7. The summed E-state index contributed by atoms with van der Waals surface area (Å²) in [6.07, 6.45) is 3.99. The third kappa shape index (κ3) is 5.32. The number of carbonyl (C=O) groups excluding carboxylic acids is 1. The summed E-state index contributed by atoms with van der Waals surface area (Å²) in [5.41, 5.74) is 3.13. The molecule has 31 heavy (non-hydrogen) atoms. The Balaban J connectivity index is 1.51. The molecule has 0 saturated carbocycles. The van der Waals surface area contributed by atoms with Crippen LogP contribution in [0.2, 0.25) is 0 Å². The Hall–Kier alpha value is -2.70. The van der Waals surface area contributed by atoms with Crippen LogP contribution in [0.1, 0.15) is 45.4 Å². The van der Waals surface area contributed by atoms with E-state index in [4.69, 9.17) is 4.74 Å². The number of likely N-dealkylation sites (tertiary alicyclic amines) is 1. The van der Waals surface area contributed by atoms with E-state index in [2.05, 4.69) is 34.3 Å². The Labute approximate surface area is 188 Å². The van der Waals surface area contributed by atoms with Crippen LogP contribution in [0.15, 0.2) is 60.1 Å². The number of carbonyl (C=O) groups is 1. The minimum atomic E-state index is -0.0880. The first-order valence-electron chi connectivity index (χ1n) is 10.7. The Morgan fingerprint density at radius 3 is 2.87 bits per heavy atom. The number of hydrogen-bond donors (Lipinski definition) is 1. The molecule has 0 bridgehead atoms. The third-order valence-corrected chi connectivity index (χ3v) is 6.74. The maximum absolute atomic E-state index is 12.9. The molecule has 4 rings (SSSR count). The van der Waals surface area contributed by atoms with Crippen molar-refractivity contribution in [3.63, 3.8) is 0 Å². The van der Waals surface area contributed by atoms with Gasteiger partial charge in [0.2, 0.25) is 0 Å². The van der Waals surface area contributed by atoms with Crippen LogP contribution in [0.25, 0.3) is 0 Å². The van der Waals surface area contributed by atoms with Gasteiger partial charge in [-0.05, 0) is 50.4 Å². The zero-order valence-electron chi connectivity index (χ0n) is 18.1. The monoisotopic (exact) mass is 435 g/mol. The maximum Gasteiger partial charge on any atom is 0.251 e. The molecule has 2 heterocycles. The molecule has 1 aliphatic rings. The Kier molecular flexibility index (Phi) is 6.99. The van der Waals surface area contributed by atoms with E-state index in [-0.39, 0.29) is 11.9 Å². The highest BCUT2D eigenvalue weighted by molar-refractivity contribution is 7.09. The SMILES string of the molecule is COc1ccc(C)cc1CN1CCCC(C(NC(=O)c2ccccc2)c2nccs2)C1. The fraction of sp³-hybridized carbons (Fsp3) is 0.360. The largest absolute Gasteiger partial charge is 0.496 e. The molecule has 2 atom stereocenters. The fourth-order valence-corrected chi connectivity index (χ4v) is 5.14. The number of amides is 1. The first kappa shape index (κ1) is 21.5. The second-order valence-electron chi connectivity index (χ2n) is 8.14. The number of piperidine rings is 1. The number of methoxy groups -OCH3 is 1. The van der Waals surface area contributed by atoms with Crippen LogP contribution < -0.4 is 10.1 Å². The number of aryl methyl sites for hydroxylation is 1. The molecule has 1 fully saturated rings. The van der Waals surface area contributed by atoms with Gasteiger partial charge in [-0.3, -0.25) is 9.69 Å². The highest BCUT2D eigenvalue weighted by Crippen LogP contribution is 2.33. The molecular formula is C25H29N3O2S. The van der Waals surface area contributed by atoms with Crippen molar-refractivity contribution in [2.24, 2.45) is 5.92 Å². The maximum atomic E-state index is 12.9. The van der Waals surface area contributed by atoms with Crippen molar-refractivity contribution in [1.82, 2.24) is 15.2 Å². The first-order valence-corrected chi connectivity index (χ1v) is 11.6. The molecule has 1 aromatic heterocycles. The van der Waals surface area contributed by atoms with E-state index in [0.29, 0.717) is 11.5 Å². The van der Waals surface area contributed by atoms with Crippen LogP contribution in [0, 0.1) is 12.8 Å². The topological polar surface area (TPSA) is 54.5 Å². The molecule has 2 unspecified atom stereocenters. The zero-order chi connectivity index (χ0) is 21.6. The van der Waals surface area contributed by atoms with Gasteiger partial charge in [0.15, 0.2) is 0 Å². The Bertz CT molecular complexity index is 991. The number of nitrogens with one attached hydrogen (secondary N) is 1. The summed E-state index contributed by atoms with van der Waals surface area (Å²) in [4.78, 5) is 19.9. The van der Waals surface area contributed by atoms with Crippen molar-refractivity contribution in [3.05, 3.63) is 81.8 Å². The average Bonchev–Trinajstić information content (AvgIpc) is 3.33. The van der Waals surface area contributed by atoms with Gasteiger partial charge in [0.1, 0.15) is 10.8 Å². The smallest absolute Gasteiger partial charge is 0.251 e. The molecule has 1 amide bonds. The molecular weight excluding hydrogens is 406 g/mol. The van der Waals surface area contributed by atoms with Gasteiger partial charge in [0.05, 0.1) is 13.2 Å². The number of hydrogen-bond acceptors (Lipinski definition) is 5. The summed E-state index contributed by atoms with van der Waals surface area (Å²) >= 11 is 1.61. The fourth-order valence-electron chi connectivity index (χ4n) is 4.36. The van der Waals surface area contributed by atoms with Gasteiger partial charge in [-0.2, -0.15) is 0 Å². The van der Waals surface area contributed by atoms with Gasteiger partial charge in [-0.15, -0.1) is 11.3 Å². The van der Waals surface area contributed by atoms with Crippen molar-refractivity contribution in [1.29, 1.82) is 0 Å². The number of benzene rings is 2. The van der Waals surface area contributed by atoms with Gasteiger partial charge in [0, 0.05) is 35.8 Å². The lowest BCUT2D eigenvalue weighted by Gasteiger charge is -2.37. The van der Waals surface area contributed by atoms with Crippen LogP contribution in [-0.2, 0) is 6.54 Å². The minimum absolute atomic E-state index is 0.0433. The molecule has 1 aliphatic heterocycles. The van der Waals surface area contributed by atoms with Crippen LogP contribution in [0.5, 0.6) is 5.75 Å². The second kappa shape index (κ2) is 10.1. The van der Waals surface area contributed by atoms with E-state index >= 15 is 0 Å². The quantitative estimate of drug-likeness (QED) is 0.577. The van der Waals surface area contributed by atoms with Gasteiger partial charge in [0.25, 0.3) is 5.91 Å². The van der Waals surface area contributed by atoms with E-state index in [0.717, 1.165) is 43.2 Å². The van der Waals surface area contributed by atoms with Crippen LogP contribution >= 0.6 is 11.3 Å². The number of ether oxygens (including phenoxy) is 1. The zero-order valence-corrected chi connectivity index (χ0v) is 18.9. The Morgan fingerprint density at radius 2 is 2.13 bits per heavy atom. The highest BCUT2D eigenvalue weighted by atomic mass is 32.1.